The molecule has 0 saturated carbocycles. The number of benzene rings is 1. The van der Waals surface area contributed by atoms with Gasteiger partial charge >= 0.3 is 0 Å². The van der Waals surface area contributed by atoms with Crippen LogP contribution in [0.2, 0.25) is 0 Å². The summed E-state index contributed by atoms with van der Waals surface area (Å²) in [6.45, 7) is 6.03. The van der Waals surface area contributed by atoms with Gasteiger partial charge in [0.1, 0.15) is 5.75 Å². The Balaban J connectivity index is 2.25. The van der Waals surface area contributed by atoms with Crippen LogP contribution in [0.3, 0.4) is 0 Å². The van der Waals surface area contributed by atoms with E-state index in [0.29, 0.717) is 5.88 Å². The van der Waals surface area contributed by atoms with Gasteiger partial charge in [-0.3, -0.25) is 0 Å². The molecule has 1 atom stereocenters. The minimum atomic E-state index is -0.0189. The standard InChI is InChI=1S/C15H18N2O/c1-10-6-11(2)8-14(7-10)18-15-9-13(12(3)16)4-5-17-15/h4-9,12H,16H2,1-3H3/t12-/m1/s1. The molecule has 2 N–H and O–H groups in total. The molecular weight excluding hydrogens is 224 g/mol. The summed E-state index contributed by atoms with van der Waals surface area (Å²) >= 11 is 0. The van der Waals surface area contributed by atoms with Gasteiger partial charge in [-0.1, -0.05) is 6.07 Å². The van der Waals surface area contributed by atoms with Crippen LogP contribution in [0.5, 0.6) is 11.6 Å². The lowest BCUT2D eigenvalue weighted by atomic mass is 10.1. The Morgan fingerprint density at radius 3 is 2.39 bits per heavy atom. The number of aryl methyl sites for hydroxylation is 2. The summed E-state index contributed by atoms with van der Waals surface area (Å²) in [7, 11) is 0. The molecule has 2 rings (SSSR count). The zero-order valence-corrected chi connectivity index (χ0v) is 11.0. The van der Waals surface area contributed by atoms with E-state index in [1.54, 1.807) is 6.20 Å². The van der Waals surface area contributed by atoms with Gasteiger partial charge in [0.25, 0.3) is 0 Å². The molecule has 2 aromatic rings. The SMILES string of the molecule is Cc1cc(C)cc(Oc2cc([C@@H](C)N)ccn2)c1. The zero-order valence-electron chi connectivity index (χ0n) is 11.0. The monoisotopic (exact) mass is 242 g/mol. The van der Waals surface area contributed by atoms with Gasteiger partial charge in [-0.15, -0.1) is 0 Å². The Labute approximate surface area is 108 Å². The molecule has 0 saturated heterocycles. The number of hydrogen-bond donors (Lipinski definition) is 1. The number of ether oxygens (including phenoxy) is 1. The molecule has 1 aromatic heterocycles. The van der Waals surface area contributed by atoms with Crippen LogP contribution in [-0.4, -0.2) is 4.98 Å². The minimum absolute atomic E-state index is 0.0189. The van der Waals surface area contributed by atoms with Gasteiger partial charge in [0.15, 0.2) is 0 Å². The van der Waals surface area contributed by atoms with E-state index >= 15 is 0 Å². The largest absolute Gasteiger partial charge is 0.439 e. The average Bonchev–Trinajstić information content (AvgIpc) is 2.27. The molecule has 0 aliphatic heterocycles. The van der Waals surface area contributed by atoms with Crippen LogP contribution in [0.15, 0.2) is 36.5 Å². The maximum atomic E-state index is 5.84. The van der Waals surface area contributed by atoms with E-state index < -0.39 is 0 Å². The van der Waals surface area contributed by atoms with E-state index in [-0.39, 0.29) is 6.04 Å². The molecule has 0 radical (unpaired) electrons. The predicted molar refractivity (Wildman–Crippen MR) is 72.8 cm³/mol. The average molecular weight is 242 g/mol. The highest BCUT2D eigenvalue weighted by atomic mass is 16.5. The molecule has 3 heteroatoms. The van der Waals surface area contributed by atoms with Crippen LogP contribution >= 0.6 is 0 Å². The van der Waals surface area contributed by atoms with Crippen LogP contribution in [0.1, 0.15) is 29.7 Å². The molecule has 0 bridgehead atoms. The first kappa shape index (κ1) is 12.6. The second-order valence-corrected chi connectivity index (χ2v) is 4.64. The maximum absolute atomic E-state index is 5.84. The highest BCUT2D eigenvalue weighted by Crippen LogP contribution is 2.23. The lowest BCUT2D eigenvalue weighted by Gasteiger charge is -2.09. The van der Waals surface area contributed by atoms with Crippen LogP contribution in [0, 0.1) is 13.8 Å². The third-order valence-corrected chi connectivity index (χ3v) is 2.70. The van der Waals surface area contributed by atoms with Crippen LogP contribution in [0.4, 0.5) is 0 Å². The molecule has 18 heavy (non-hydrogen) atoms. The molecule has 1 heterocycles. The van der Waals surface area contributed by atoms with Gasteiger partial charge in [-0.2, -0.15) is 0 Å². The van der Waals surface area contributed by atoms with Crippen molar-refractivity contribution in [1.29, 1.82) is 0 Å². The molecule has 0 spiro atoms. The fraction of sp³-hybridized carbons (Fsp3) is 0.267. The van der Waals surface area contributed by atoms with E-state index in [9.17, 15) is 0 Å². The molecule has 0 fully saturated rings. The highest BCUT2D eigenvalue weighted by molar-refractivity contribution is 5.36. The van der Waals surface area contributed by atoms with Crippen molar-refractivity contribution in [2.75, 3.05) is 0 Å². The van der Waals surface area contributed by atoms with Gasteiger partial charge in [0.05, 0.1) is 0 Å². The molecule has 0 aliphatic rings. The first-order chi connectivity index (χ1) is 8.54. The normalized spacial score (nSPS) is 12.2. The smallest absolute Gasteiger partial charge is 0.219 e. The Morgan fingerprint density at radius 2 is 1.78 bits per heavy atom. The van der Waals surface area contributed by atoms with Gasteiger partial charge in [-0.05, 0) is 55.7 Å². The van der Waals surface area contributed by atoms with Crippen molar-refractivity contribution in [3.8, 4) is 11.6 Å². The topological polar surface area (TPSA) is 48.1 Å². The molecular formula is C15H18N2O. The van der Waals surface area contributed by atoms with Crippen LogP contribution in [0.25, 0.3) is 0 Å². The molecule has 0 unspecified atom stereocenters. The number of nitrogens with zero attached hydrogens (tertiary/aromatic N) is 1. The fourth-order valence-corrected chi connectivity index (χ4v) is 1.88. The number of pyridine rings is 1. The van der Waals surface area contributed by atoms with Gasteiger partial charge in [0, 0.05) is 18.3 Å². The van der Waals surface area contributed by atoms with Crippen molar-refractivity contribution in [2.45, 2.75) is 26.8 Å². The Bertz CT molecular complexity index is 530. The van der Waals surface area contributed by atoms with Crippen LogP contribution < -0.4 is 10.5 Å². The Hall–Kier alpha value is -1.87. The van der Waals surface area contributed by atoms with E-state index in [1.165, 1.54) is 11.1 Å². The van der Waals surface area contributed by atoms with E-state index in [2.05, 4.69) is 11.1 Å². The lowest BCUT2D eigenvalue weighted by Crippen LogP contribution is -2.05. The Kier molecular flexibility index (Phi) is 3.63. The summed E-state index contributed by atoms with van der Waals surface area (Å²) in [6.07, 6.45) is 1.72. The third-order valence-electron chi connectivity index (χ3n) is 2.70. The van der Waals surface area contributed by atoms with Gasteiger partial charge < -0.3 is 10.5 Å². The summed E-state index contributed by atoms with van der Waals surface area (Å²) in [5, 5.41) is 0. The summed E-state index contributed by atoms with van der Waals surface area (Å²) in [4.78, 5) is 4.20. The lowest BCUT2D eigenvalue weighted by molar-refractivity contribution is 0.461. The first-order valence-corrected chi connectivity index (χ1v) is 6.02. The highest BCUT2D eigenvalue weighted by Gasteiger charge is 2.04. The molecule has 0 aliphatic carbocycles. The molecule has 1 aromatic carbocycles. The van der Waals surface area contributed by atoms with Gasteiger partial charge in [-0.25, -0.2) is 4.98 Å². The van der Waals surface area contributed by atoms with Crippen molar-refractivity contribution in [2.24, 2.45) is 5.73 Å². The number of rotatable bonds is 3. The molecule has 94 valence electrons. The van der Waals surface area contributed by atoms with Crippen molar-refractivity contribution in [3.05, 3.63) is 53.2 Å². The third kappa shape index (κ3) is 3.08. The summed E-state index contributed by atoms with van der Waals surface area (Å²) < 4.78 is 5.76. The van der Waals surface area contributed by atoms with Crippen molar-refractivity contribution in [3.63, 3.8) is 0 Å². The fourth-order valence-electron chi connectivity index (χ4n) is 1.88. The number of nitrogens with two attached hydrogens (primary N) is 1. The van der Waals surface area contributed by atoms with E-state index in [0.717, 1.165) is 11.3 Å². The predicted octanol–water partition coefficient (Wildman–Crippen LogP) is 3.51. The van der Waals surface area contributed by atoms with Crippen LogP contribution in [-0.2, 0) is 0 Å². The molecule has 3 nitrogen and oxygen atoms in total. The summed E-state index contributed by atoms with van der Waals surface area (Å²) in [5.41, 5.74) is 9.21. The van der Waals surface area contributed by atoms with Gasteiger partial charge in [0.2, 0.25) is 5.88 Å². The molecule has 0 amide bonds. The van der Waals surface area contributed by atoms with Crippen molar-refractivity contribution < 1.29 is 4.74 Å². The quantitative estimate of drug-likeness (QED) is 0.896. The maximum Gasteiger partial charge on any atom is 0.219 e. The number of aromatic nitrogens is 1. The zero-order chi connectivity index (χ0) is 13.1. The first-order valence-electron chi connectivity index (χ1n) is 6.02. The van der Waals surface area contributed by atoms with E-state index in [1.807, 2.05) is 45.0 Å². The summed E-state index contributed by atoms with van der Waals surface area (Å²) in [6, 6.07) is 9.86. The second-order valence-electron chi connectivity index (χ2n) is 4.64. The summed E-state index contributed by atoms with van der Waals surface area (Å²) in [5.74, 6) is 1.39. The van der Waals surface area contributed by atoms with Crippen molar-refractivity contribution >= 4 is 0 Å². The second kappa shape index (κ2) is 5.19. The van der Waals surface area contributed by atoms with Crippen molar-refractivity contribution in [1.82, 2.24) is 4.98 Å². The van der Waals surface area contributed by atoms with E-state index in [4.69, 9.17) is 10.5 Å². The minimum Gasteiger partial charge on any atom is -0.439 e. The Morgan fingerprint density at radius 1 is 1.11 bits per heavy atom. The number of hydrogen-bond acceptors (Lipinski definition) is 3.